The van der Waals surface area contributed by atoms with E-state index >= 15 is 0 Å². The molecule has 0 spiro atoms. The van der Waals surface area contributed by atoms with Crippen LogP contribution in [0.2, 0.25) is 0 Å². The number of hydrogen-bond donors (Lipinski definition) is 0. The molecule has 0 amide bonds. The van der Waals surface area contributed by atoms with Gasteiger partial charge in [-0.15, -0.1) is 69.6 Å². The Labute approximate surface area is 138 Å². The van der Waals surface area contributed by atoms with Crippen LogP contribution in [-0.2, 0) is 17.1 Å². The van der Waals surface area contributed by atoms with Gasteiger partial charge in [-0.3, -0.25) is 0 Å². The molecule has 0 N–H and O–H groups in total. The molecule has 1 aliphatic carbocycles. The molecule has 0 aromatic carbocycles. The Morgan fingerprint density at radius 1 is 0.647 bits per heavy atom. The van der Waals surface area contributed by atoms with Crippen LogP contribution in [0.3, 0.4) is 0 Å². The van der Waals surface area contributed by atoms with Crippen LogP contribution in [0.15, 0.2) is 0 Å². The molecule has 1 fully saturated rings. The van der Waals surface area contributed by atoms with E-state index in [9.17, 15) is 0 Å². The first-order chi connectivity index (χ1) is 7.20. The third-order valence-corrected chi connectivity index (χ3v) is 5.86. The van der Waals surface area contributed by atoms with Crippen LogP contribution in [0.5, 0.6) is 0 Å². The van der Waals surface area contributed by atoms with Crippen LogP contribution in [0.25, 0.3) is 0 Å². The molecule has 0 radical (unpaired) electrons. The summed E-state index contributed by atoms with van der Waals surface area (Å²) in [6.45, 7) is 0. The zero-order chi connectivity index (χ0) is 13.0. The summed E-state index contributed by atoms with van der Waals surface area (Å²) in [5, 5.41) is 12.1. The Morgan fingerprint density at radius 3 is 0.765 bits per heavy atom. The van der Waals surface area contributed by atoms with Gasteiger partial charge in [0, 0.05) is 17.1 Å². The van der Waals surface area contributed by atoms with E-state index in [4.69, 9.17) is 84.9 Å². The van der Waals surface area contributed by atoms with Gasteiger partial charge in [-0.2, -0.15) is 0 Å². The SMILES string of the molecule is Cl[C@H]1[C@H](Cl)[C@@H](Cl)[C@@H](Cl)[C@H](Cl)[C@H]1Cl.O=[N+]([O-])[O-].[Fe]. The molecule has 1 rings (SSSR count). The Hall–Kier alpha value is 1.46. The van der Waals surface area contributed by atoms with Crippen LogP contribution >= 0.6 is 69.6 Å². The second kappa shape index (κ2) is 9.38. The van der Waals surface area contributed by atoms with Crippen molar-refractivity contribution in [1.82, 2.24) is 0 Å². The van der Waals surface area contributed by atoms with Gasteiger partial charge in [0.05, 0.1) is 37.3 Å². The third kappa shape index (κ3) is 6.44. The van der Waals surface area contributed by atoms with Crippen molar-refractivity contribution in [2.45, 2.75) is 32.3 Å². The van der Waals surface area contributed by atoms with E-state index < -0.39 is 37.3 Å². The first-order valence-electron chi connectivity index (χ1n) is 3.86. The molecular formula is C6H6Cl6FeNO3-. The van der Waals surface area contributed by atoms with Crippen molar-refractivity contribution in [2.75, 3.05) is 0 Å². The summed E-state index contributed by atoms with van der Waals surface area (Å²) in [5.74, 6) is 0. The Bertz CT molecular complexity index is 187. The van der Waals surface area contributed by atoms with Crippen molar-refractivity contribution >= 4 is 69.6 Å². The average molecular weight is 409 g/mol. The van der Waals surface area contributed by atoms with Crippen LogP contribution < -0.4 is 0 Å². The average Bonchev–Trinajstić information content (AvgIpc) is 2.20. The van der Waals surface area contributed by atoms with E-state index in [0.717, 1.165) is 0 Å². The van der Waals surface area contributed by atoms with Gasteiger partial charge in [0.25, 0.3) is 0 Å². The van der Waals surface area contributed by atoms with Crippen LogP contribution in [0.4, 0.5) is 0 Å². The third-order valence-electron chi connectivity index (χ3n) is 1.83. The normalized spacial score (nSPS) is 40.6. The number of nitrogens with zero attached hydrogens (tertiary/aromatic N) is 1. The van der Waals surface area contributed by atoms with Gasteiger partial charge in [-0.05, 0) is 0 Å². The second-order valence-electron chi connectivity index (χ2n) is 2.89. The molecule has 0 aromatic rings. The van der Waals surface area contributed by atoms with E-state index in [1.807, 2.05) is 0 Å². The largest absolute Gasteiger partial charge is 0.356 e. The minimum absolute atomic E-state index is 0. The van der Waals surface area contributed by atoms with Gasteiger partial charge in [0.1, 0.15) is 0 Å². The number of rotatable bonds is 0. The minimum atomic E-state index is -1.75. The fraction of sp³-hybridized carbons (Fsp3) is 1.00. The fourth-order valence-corrected chi connectivity index (χ4v) is 3.38. The van der Waals surface area contributed by atoms with E-state index in [1.165, 1.54) is 0 Å². The fourth-order valence-electron chi connectivity index (χ4n) is 1.05. The van der Waals surface area contributed by atoms with Gasteiger partial charge in [-0.25, -0.2) is 0 Å². The molecule has 17 heavy (non-hydrogen) atoms. The molecule has 4 nitrogen and oxygen atoms in total. The first kappa shape index (κ1) is 20.8. The van der Waals surface area contributed by atoms with Crippen molar-refractivity contribution in [3.05, 3.63) is 15.3 Å². The van der Waals surface area contributed by atoms with Gasteiger partial charge in [0.15, 0.2) is 0 Å². The molecule has 0 aliphatic heterocycles. The van der Waals surface area contributed by atoms with Gasteiger partial charge in [-0.1, -0.05) is 0 Å². The summed E-state index contributed by atoms with van der Waals surface area (Å²) in [6, 6.07) is 0. The molecule has 104 valence electrons. The maximum absolute atomic E-state index is 8.25. The molecule has 0 atom stereocenters. The number of alkyl halides is 6. The summed E-state index contributed by atoms with van der Waals surface area (Å²) < 4.78 is 0. The Kier molecular flexibility index (Phi) is 11.5. The van der Waals surface area contributed by atoms with E-state index in [1.54, 1.807) is 0 Å². The van der Waals surface area contributed by atoms with Crippen molar-refractivity contribution in [2.24, 2.45) is 0 Å². The molecule has 1 aliphatic rings. The van der Waals surface area contributed by atoms with Crippen LogP contribution in [0.1, 0.15) is 0 Å². The molecular weight excluding hydrogens is 403 g/mol. The quantitative estimate of drug-likeness (QED) is 0.267. The smallest absolute Gasteiger partial charge is 0.0693 e. The van der Waals surface area contributed by atoms with Gasteiger partial charge < -0.3 is 15.3 Å². The standard InChI is InChI=1S/C6H6Cl6.Fe.NO3/c7-1-2(8)4(10)6(12)5(11)3(1)9;;2-1(3)4/h1-6H;;/q;;-1/t1-,2-,3-,4+,5+,6+;;. The maximum Gasteiger partial charge on any atom is 0.0693 e. The molecule has 11 heteroatoms. The van der Waals surface area contributed by atoms with Crippen molar-refractivity contribution in [1.29, 1.82) is 0 Å². The predicted molar refractivity (Wildman–Crippen MR) is 68.2 cm³/mol. The molecule has 0 unspecified atom stereocenters. The number of halogens is 6. The molecule has 0 aromatic heterocycles. The van der Waals surface area contributed by atoms with Crippen LogP contribution in [-0.4, -0.2) is 37.3 Å². The van der Waals surface area contributed by atoms with Gasteiger partial charge in [0.2, 0.25) is 0 Å². The van der Waals surface area contributed by atoms with E-state index in [-0.39, 0.29) is 17.1 Å². The molecule has 0 bridgehead atoms. The summed E-state index contributed by atoms with van der Waals surface area (Å²) >= 11 is 35.3. The number of hydrogen-bond acceptors (Lipinski definition) is 3. The van der Waals surface area contributed by atoms with Crippen molar-refractivity contribution < 1.29 is 22.2 Å². The Balaban J connectivity index is 0. The predicted octanol–water partition coefficient (Wildman–Crippen LogP) is 3.40. The molecule has 0 heterocycles. The van der Waals surface area contributed by atoms with Crippen molar-refractivity contribution in [3.8, 4) is 0 Å². The first-order valence-corrected chi connectivity index (χ1v) is 6.48. The maximum atomic E-state index is 8.25. The molecule has 1 saturated carbocycles. The summed E-state index contributed by atoms with van der Waals surface area (Å²) in [6.07, 6.45) is 0. The zero-order valence-electron chi connectivity index (χ0n) is 7.76. The monoisotopic (exact) mass is 406 g/mol. The topological polar surface area (TPSA) is 66.2 Å². The summed E-state index contributed by atoms with van der Waals surface area (Å²) in [7, 11) is 0. The van der Waals surface area contributed by atoms with Crippen molar-refractivity contribution in [3.63, 3.8) is 0 Å². The Morgan fingerprint density at radius 2 is 0.706 bits per heavy atom. The molecule has 0 saturated heterocycles. The summed E-state index contributed by atoms with van der Waals surface area (Å²) in [5.41, 5.74) is 0. The van der Waals surface area contributed by atoms with Crippen LogP contribution in [0, 0.1) is 15.3 Å². The summed E-state index contributed by atoms with van der Waals surface area (Å²) in [4.78, 5) is 8.25. The van der Waals surface area contributed by atoms with E-state index in [0.29, 0.717) is 0 Å². The van der Waals surface area contributed by atoms with E-state index in [2.05, 4.69) is 0 Å². The zero-order valence-corrected chi connectivity index (χ0v) is 13.4. The van der Waals surface area contributed by atoms with Gasteiger partial charge >= 0.3 is 0 Å². The minimum Gasteiger partial charge on any atom is -0.356 e. The second-order valence-corrected chi connectivity index (χ2v) is 5.91.